The van der Waals surface area contributed by atoms with E-state index < -0.39 is 0 Å². The van der Waals surface area contributed by atoms with Crippen molar-refractivity contribution in [3.8, 4) is 11.4 Å². The van der Waals surface area contributed by atoms with Gasteiger partial charge in [0.1, 0.15) is 23.2 Å². The first kappa shape index (κ1) is 18.0. The van der Waals surface area contributed by atoms with Crippen molar-refractivity contribution in [3.05, 3.63) is 71.4 Å². The van der Waals surface area contributed by atoms with Gasteiger partial charge >= 0.3 is 0 Å². The number of aryl methyl sites for hydroxylation is 2. The van der Waals surface area contributed by atoms with Crippen LogP contribution < -0.4 is 10.1 Å². The van der Waals surface area contributed by atoms with Crippen LogP contribution in [0.3, 0.4) is 0 Å². The summed E-state index contributed by atoms with van der Waals surface area (Å²) in [5.41, 5.74) is 4.69. The van der Waals surface area contributed by atoms with Gasteiger partial charge in [0, 0.05) is 17.1 Å². The number of rotatable bonds is 4. The summed E-state index contributed by atoms with van der Waals surface area (Å²) in [7, 11) is 1.64. The van der Waals surface area contributed by atoms with E-state index in [2.05, 4.69) is 22.2 Å². The molecule has 0 aliphatic rings. The van der Waals surface area contributed by atoms with E-state index in [1.165, 1.54) is 12.1 Å². The molecule has 0 bridgehead atoms. The van der Waals surface area contributed by atoms with Crippen molar-refractivity contribution in [3.63, 3.8) is 0 Å². The molecule has 0 aliphatic heterocycles. The Morgan fingerprint density at radius 3 is 2.25 bits per heavy atom. The van der Waals surface area contributed by atoms with Gasteiger partial charge < -0.3 is 10.1 Å². The lowest BCUT2D eigenvalue weighted by atomic mass is 10.2. The van der Waals surface area contributed by atoms with Crippen LogP contribution in [0.25, 0.3) is 16.7 Å². The van der Waals surface area contributed by atoms with E-state index in [9.17, 15) is 4.39 Å². The number of ether oxygens (including phenoxy) is 1. The average Bonchev–Trinajstić information content (AvgIpc) is 2.93. The van der Waals surface area contributed by atoms with Crippen molar-refractivity contribution in [2.75, 3.05) is 12.4 Å². The van der Waals surface area contributed by atoms with E-state index in [4.69, 9.17) is 4.74 Å². The average molecular weight is 376 g/mol. The van der Waals surface area contributed by atoms with Gasteiger partial charge in [-0.1, -0.05) is 0 Å². The molecule has 0 atom stereocenters. The van der Waals surface area contributed by atoms with Crippen LogP contribution in [0, 0.1) is 26.6 Å². The number of hydrogen-bond donors (Lipinski definition) is 1. The normalized spacial score (nSPS) is 11.0. The molecule has 0 spiro atoms. The molecule has 2 heterocycles. The van der Waals surface area contributed by atoms with E-state index in [0.29, 0.717) is 5.82 Å². The number of halogens is 1. The second-order valence-corrected chi connectivity index (χ2v) is 6.69. The highest BCUT2D eigenvalue weighted by Gasteiger charge is 2.19. The van der Waals surface area contributed by atoms with Crippen LogP contribution in [0.15, 0.2) is 48.5 Å². The van der Waals surface area contributed by atoms with Gasteiger partial charge in [0.2, 0.25) is 0 Å². The Balaban J connectivity index is 1.88. The van der Waals surface area contributed by atoms with E-state index in [-0.39, 0.29) is 5.82 Å². The Kier molecular flexibility index (Phi) is 4.47. The molecule has 0 fully saturated rings. The highest BCUT2D eigenvalue weighted by Crippen LogP contribution is 2.33. The predicted molar refractivity (Wildman–Crippen MR) is 109 cm³/mol. The number of nitrogens with zero attached hydrogens (tertiary/aromatic N) is 3. The summed E-state index contributed by atoms with van der Waals surface area (Å²) in [4.78, 5) is 9.32. The fourth-order valence-electron chi connectivity index (χ4n) is 3.38. The molecule has 4 rings (SSSR count). The second kappa shape index (κ2) is 6.96. The quantitative estimate of drug-likeness (QED) is 0.529. The third kappa shape index (κ3) is 3.07. The van der Waals surface area contributed by atoms with E-state index in [1.807, 2.05) is 42.7 Å². The highest BCUT2D eigenvalue weighted by molar-refractivity contribution is 5.94. The third-order valence-electron chi connectivity index (χ3n) is 4.90. The SMILES string of the molecule is COc1ccc(Nc2nc(C)nc3c2c(C)c(C)n3-c2ccc(F)cc2)cc1. The van der Waals surface area contributed by atoms with Crippen LogP contribution in [0.2, 0.25) is 0 Å². The minimum absolute atomic E-state index is 0.262. The summed E-state index contributed by atoms with van der Waals surface area (Å²) in [6.45, 7) is 5.95. The first-order valence-corrected chi connectivity index (χ1v) is 9.01. The van der Waals surface area contributed by atoms with Crippen molar-refractivity contribution in [2.24, 2.45) is 0 Å². The minimum Gasteiger partial charge on any atom is -0.497 e. The van der Waals surface area contributed by atoms with Gasteiger partial charge in [0.05, 0.1) is 12.5 Å². The molecule has 0 unspecified atom stereocenters. The van der Waals surface area contributed by atoms with Crippen LogP contribution in [-0.2, 0) is 0 Å². The summed E-state index contributed by atoms with van der Waals surface area (Å²) in [5, 5.41) is 4.35. The molecule has 1 N–H and O–H groups in total. The maximum Gasteiger partial charge on any atom is 0.150 e. The number of nitrogens with one attached hydrogen (secondary N) is 1. The smallest absolute Gasteiger partial charge is 0.150 e. The Hall–Kier alpha value is -3.41. The number of fused-ring (bicyclic) bond motifs is 1. The number of methoxy groups -OCH3 is 1. The lowest BCUT2D eigenvalue weighted by Gasteiger charge is -2.11. The highest BCUT2D eigenvalue weighted by atomic mass is 19.1. The van der Waals surface area contributed by atoms with Gasteiger partial charge in [0.15, 0.2) is 5.65 Å². The lowest BCUT2D eigenvalue weighted by Crippen LogP contribution is -2.02. The summed E-state index contributed by atoms with van der Waals surface area (Å²) < 4.78 is 20.7. The molecule has 142 valence electrons. The molecule has 0 radical (unpaired) electrons. The fraction of sp³-hybridized carbons (Fsp3) is 0.182. The maximum absolute atomic E-state index is 13.4. The van der Waals surface area contributed by atoms with E-state index >= 15 is 0 Å². The van der Waals surface area contributed by atoms with Crippen molar-refractivity contribution in [1.29, 1.82) is 0 Å². The standard InChI is InChI=1S/C22H21FN4O/c1-13-14(2)27(18-9-5-16(23)6-10-18)22-20(13)21(24-15(3)25-22)26-17-7-11-19(28-4)12-8-17/h5-12H,1-4H3,(H,24,25,26). The van der Waals surface area contributed by atoms with Gasteiger partial charge in [-0.15, -0.1) is 0 Å². The minimum atomic E-state index is -0.262. The van der Waals surface area contributed by atoms with Gasteiger partial charge in [0.25, 0.3) is 0 Å². The van der Waals surface area contributed by atoms with Crippen LogP contribution in [0.1, 0.15) is 17.1 Å². The number of hydrogen-bond acceptors (Lipinski definition) is 4. The fourth-order valence-corrected chi connectivity index (χ4v) is 3.38. The zero-order valence-electron chi connectivity index (χ0n) is 16.2. The van der Waals surface area contributed by atoms with Gasteiger partial charge in [-0.3, -0.25) is 4.57 Å². The molecule has 0 saturated carbocycles. The van der Waals surface area contributed by atoms with Crippen molar-refractivity contribution >= 4 is 22.5 Å². The van der Waals surface area contributed by atoms with Crippen LogP contribution in [-0.4, -0.2) is 21.6 Å². The van der Waals surface area contributed by atoms with Crippen molar-refractivity contribution in [1.82, 2.24) is 14.5 Å². The first-order valence-electron chi connectivity index (χ1n) is 9.01. The zero-order valence-corrected chi connectivity index (χ0v) is 16.2. The Labute approximate surface area is 162 Å². The van der Waals surface area contributed by atoms with Crippen LogP contribution in [0.5, 0.6) is 5.75 Å². The molecular formula is C22H21FN4O. The molecule has 2 aromatic carbocycles. The molecule has 4 aromatic rings. The van der Waals surface area contributed by atoms with Crippen LogP contribution in [0.4, 0.5) is 15.9 Å². The third-order valence-corrected chi connectivity index (χ3v) is 4.90. The molecule has 5 nitrogen and oxygen atoms in total. The number of benzene rings is 2. The summed E-state index contributed by atoms with van der Waals surface area (Å²) in [5.74, 6) is 1.94. The molecule has 0 saturated heterocycles. The molecule has 2 aromatic heterocycles. The van der Waals surface area contributed by atoms with Gasteiger partial charge in [-0.2, -0.15) is 0 Å². The zero-order chi connectivity index (χ0) is 19.8. The number of anilines is 2. The summed E-state index contributed by atoms with van der Waals surface area (Å²) >= 11 is 0. The molecule has 6 heteroatoms. The largest absolute Gasteiger partial charge is 0.497 e. The molecule has 28 heavy (non-hydrogen) atoms. The topological polar surface area (TPSA) is 52.0 Å². The van der Waals surface area contributed by atoms with Crippen molar-refractivity contribution in [2.45, 2.75) is 20.8 Å². The van der Waals surface area contributed by atoms with Gasteiger partial charge in [-0.25, -0.2) is 14.4 Å². The Morgan fingerprint density at radius 2 is 1.61 bits per heavy atom. The second-order valence-electron chi connectivity index (χ2n) is 6.69. The molecule has 0 aliphatic carbocycles. The molecule has 0 amide bonds. The molecular weight excluding hydrogens is 355 g/mol. The monoisotopic (exact) mass is 376 g/mol. The maximum atomic E-state index is 13.4. The summed E-state index contributed by atoms with van der Waals surface area (Å²) in [6, 6.07) is 14.1. The van der Waals surface area contributed by atoms with Crippen molar-refractivity contribution < 1.29 is 9.13 Å². The summed E-state index contributed by atoms with van der Waals surface area (Å²) in [6.07, 6.45) is 0. The van der Waals surface area contributed by atoms with Crippen LogP contribution >= 0.6 is 0 Å². The Bertz CT molecular complexity index is 1150. The lowest BCUT2D eigenvalue weighted by molar-refractivity contribution is 0.415. The Morgan fingerprint density at radius 1 is 0.929 bits per heavy atom. The van der Waals surface area contributed by atoms with Gasteiger partial charge in [-0.05, 0) is 74.9 Å². The first-order chi connectivity index (χ1) is 13.5. The predicted octanol–water partition coefficient (Wildman–Crippen LogP) is 5.24. The van der Waals surface area contributed by atoms with E-state index in [1.54, 1.807) is 19.2 Å². The van der Waals surface area contributed by atoms with E-state index in [0.717, 1.165) is 45.2 Å². The number of aromatic nitrogens is 3.